The number of hydrogen-bond acceptors (Lipinski definition) is 0. The Morgan fingerprint density at radius 2 is 1.40 bits per heavy atom. The second-order valence-electron chi connectivity index (χ2n) is 1.67. The van der Waals surface area contributed by atoms with E-state index in [4.69, 9.17) is 46.4 Å². The summed E-state index contributed by atoms with van der Waals surface area (Å²) >= 11 is 21.0. The van der Waals surface area contributed by atoms with E-state index in [0.717, 1.165) is 6.42 Å². The van der Waals surface area contributed by atoms with Crippen LogP contribution in [0.4, 0.5) is 0 Å². The summed E-state index contributed by atoms with van der Waals surface area (Å²) in [6.07, 6.45) is 0.920. The number of alkyl halides is 4. The highest BCUT2D eigenvalue weighted by Gasteiger charge is 1.85. The van der Waals surface area contributed by atoms with Gasteiger partial charge in [-0.05, 0) is 13.3 Å². The Hall–Kier alpha value is 1.16. The summed E-state index contributed by atoms with van der Waals surface area (Å²) in [7, 11) is 0. The maximum Gasteiger partial charge on any atom is 0.0443 e. The molecule has 4 heteroatoms. The van der Waals surface area contributed by atoms with Crippen LogP contribution in [-0.4, -0.2) is 23.0 Å². The zero-order chi connectivity index (χ0) is 8.41. The van der Waals surface area contributed by atoms with Crippen molar-refractivity contribution in [2.75, 3.05) is 17.6 Å². The Labute approximate surface area is 82.8 Å². The van der Waals surface area contributed by atoms with Crippen LogP contribution >= 0.6 is 46.4 Å². The largest absolute Gasteiger partial charge is 0.127 e. The third-order valence-electron chi connectivity index (χ3n) is 0.480. The molecular formula is C6H12Cl4. The number of rotatable bonds is 3. The Morgan fingerprint density at radius 1 is 1.10 bits per heavy atom. The summed E-state index contributed by atoms with van der Waals surface area (Å²) in [6, 6.07) is 0. The fourth-order valence-corrected chi connectivity index (χ4v) is 0.455. The lowest BCUT2D eigenvalue weighted by atomic mass is 10.6. The van der Waals surface area contributed by atoms with Gasteiger partial charge in [0.1, 0.15) is 0 Å². The molecule has 0 N–H and O–H groups in total. The maximum absolute atomic E-state index is 5.33. The van der Waals surface area contributed by atoms with Crippen LogP contribution in [-0.2, 0) is 0 Å². The first-order chi connectivity index (χ1) is 4.68. The van der Waals surface area contributed by atoms with Crippen molar-refractivity contribution in [1.82, 2.24) is 0 Å². The molecule has 0 saturated heterocycles. The van der Waals surface area contributed by atoms with Crippen molar-refractivity contribution >= 4 is 46.4 Å². The summed E-state index contributed by atoms with van der Waals surface area (Å²) in [6.45, 7) is 1.86. The van der Waals surface area contributed by atoms with Crippen molar-refractivity contribution in [3.63, 3.8) is 0 Å². The van der Waals surface area contributed by atoms with Gasteiger partial charge in [-0.2, -0.15) is 0 Å². The first kappa shape index (κ1) is 13.7. The van der Waals surface area contributed by atoms with E-state index in [9.17, 15) is 0 Å². The molecule has 0 aliphatic heterocycles. The lowest BCUT2D eigenvalue weighted by Gasteiger charge is -1.85. The topological polar surface area (TPSA) is 0 Å². The number of hydrogen-bond donors (Lipinski definition) is 0. The molecule has 0 aliphatic carbocycles. The van der Waals surface area contributed by atoms with Crippen LogP contribution in [0.25, 0.3) is 0 Å². The van der Waals surface area contributed by atoms with Crippen molar-refractivity contribution < 1.29 is 0 Å². The van der Waals surface area contributed by atoms with E-state index in [-0.39, 0.29) is 5.38 Å². The molecule has 0 aromatic carbocycles. The summed E-state index contributed by atoms with van der Waals surface area (Å²) in [5.41, 5.74) is 0. The van der Waals surface area contributed by atoms with E-state index in [2.05, 4.69) is 0 Å². The van der Waals surface area contributed by atoms with Gasteiger partial charge in [-0.1, -0.05) is 0 Å². The molecule has 0 heterocycles. The minimum absolute atomic E-state index is 0.122. The van der Waals surface area contributed by atoms with E-state index >= 15 is 0 Å². The van der Waals surface area contributed by atoms with Crippen LogP contribution in [0.2, 0.25) is 0 Å². The Kier molecular flexibility index (Phi) is 17.6. The highest BCUT2D eigenvalue weighted by atomic mass is 35.5. The minimum Gasteiger partial charge on any atom is -0.127 e. The van der Waals surface area contributed by atoms with E-state index in [0.29, 0.717) is 17.6 Å². The summed E-state index contributed by atoms with van der Waals surface area (Å²) in [5.74, 6) is 1.91. The van der Waals surface area contributed by atoms with Crippen molar-refractivity contribution in [3.8, 4) is 0 Å². The Morgan fingerprint density at radius 3 is 1.40 bits per heavy atom. The smallest absolute Gasteiger partial charge is 0.0443 e. The van der Waals surface area contributed by atoms with Crippen LogP contribution in [0.15, 0.2) is 0 Å². The van der Waals surface area contributed by atoms with Gasteiger partial charge >= 0.3 is 0 Å². The van der Waals surface area contributed by atoms with Crippen molar-refractivity contribution in [3.05, 3.63) is 0 Å². The Balaban J connectivity index is 0. The van der Waals surface area contributed by atoms with Crippen molar-refractivity contribution in [1.29, 1.82) is 0 Å². The molecule has 0 aromatic heterocycles. The molecule has 0 aromatic rings. The van der Waals surface area contributed by atoms with Gasteiger partial charge < -0.3 is 0 Å². The third kappa shape index (κ3) is 22.9. The quantitative estimate of drug-likeness (QED) is 0.643. The van der Waals surface area contributed by atoms with Crippen LogP contribution in [0.3, 0.4) is 0 Å². The average molecular weight is 226 g/mol. The molecule has 1 atom stereocenters. The molecule has 0 radical (unpaired) electrons. The van der Waals surface area contributed by atoms with Gasteiger partial charge in [0.25, 0.3) is 0 Å². The predicted molar refractivity (Wildman–Crippen MR) is 52.1 cm³/mol. The Bertz CT molecular complexity index is 45.0. The lowest BCUT2D eigenvalue weighted by molar-refractivity contribution is 1.11. The molecule has 0 bridgehead atoms. The van der Waals surface area contributed by atoms with Crippen LogP contribution in [0, 0.1) is 0 Å². The monoisotopic (exact) mass is 224 g/mol. The number of halogens is 4. The molecule has 0 amide bonds. The highest BCUT2D eigenvalue weighted by molar-refractivity contribution is 6.27. The maximum atomic E-state index is 5.33. The first-order valence-electron chi connectivity index (χ1n) is 3.01. The van der Waals surface area contributed by atoms with Crippen molar-refractivity contribution in [2.24, 2.45) is 0 Å². The molecule has 0 spiro atoms. The van der Waals surface area contributed by atoms with Gasteiger partial charge in [-0.25, -0.2) is 0 Å². The molecule has 0 nitrogen and oxygen atoms in total. The molecule has 1 unspecified atom stereocenters. The normalized spacial score (nSPS) is 11.7. The van der Waals surface area contributed by atoms with Gasteiger partial charge in [-0.3, -0.25) is 0 Å². The van der Waals surface area contributed by atoms with E-state index < -0.39 is 0 Å². The second-order valence-corrected chi connectivity index (χ2v) is 3.48. The standard InChI is InChI=1S/2C3H6Cl2/c1-3(5)2-4;4-2-1-3-5/h3H,2H2,1H3;1-3H2. The van der Waals surface area contributed by atoms with Gasteiger partial charge in [-0.15, -0.1) is 46.4 Å². The molecule has 10 heavy (non-hydrogen) atoms. The zero-order valence-electron chi connectivity index (χ0n) is 5.92. The van der Waals surface area contributed by atoms with Gasteiger partial charge in [0.05, 0.1) is 0 Å². The van der Waals surface area contributed by atoms with E-state index in [1.54, 1.807) is 0 Å². The molecular weight excluding hydrogens is 214 g/mol. The average Bonchev–Trinajstić information content (AvgIpc) is 1.91. The molecule has 64 valence electrons. The van der Waals surface area contributed by atoms with Crippen molar-refractivity contribution in [2.45, 2.75) is 18.7 Å². The van der Waals surface area contributed by atoms with Gasteiger partial charge in [0.2, 0.25) is 0 Å². The minimum atomic E-state index is 0.122. The zero-order valence-corrected chi connectivity index (χ0v) is 8.94. The molecule has 0 rings (SSSR count). The first-order valence-corrected chi connectivity index (χ1v) is 5.05. The third-order valence-corrected chi connectivity index (χ3v) is 1.79. The van der Waals surface area contributed by atoms with E-state index in [1.807, 2.05) is 6.92 Å². The van der Waals surface area contributed by atoms with Gasteiger partial charge in [0.15, 0.2) is 0 Å². The molecule has 0 saturated carbocycles. The molecule has 0 fully saturated rings. The van der Waals surface area contributed by atoms with Crippen LogP contribution in [0.1, 0.15) is 13.3 Å². The molecule has 0 aliphatic rings. The summed E-state index contributed by atoms with van der Waals surface area (Å²) in [5, 5.41) is 0.122. The fourth-order valence-electron chi connectivity index (χ4n) is 0.0505. The summed E-state index contributed by atoms with van der Waals surface area (Å²) in [4.78, 5) is 0. The summed E-state index contributed by atoms with van der Waals surface area (Å²) < 4.78 is 0. The fraction of sp³-hybridized carbons (Fsp3) is 1.00. The van der Waals surface area contributed by atoms with Gasteiger partial charge in [0, 0.05) is 23.0 Å². The second kappa shape index (κ2) is 12.8. The highest BCUT2D eigenvalue weighted by Crippen LogP contribution is 1.93. The van der Waals surface area contributed by atoms with Crippen LogP contribution < -0.4 is 0 Å². The van der Waals surface area contributed by atoms with Crippen LogP contribution in [0.5, 0.6) is 0 Å². The SMILES string of the molecule is CC(Cl)CCl.ClCCCCl. The van der Waals surface area contributed by atoms with E-state index in [1.165, 1.54) is 0 Å². The lowest BCUT2D eigenvalue weighted by Crippen LogP contribution is -1.87. The predicted octanol–water partition coefficient (Wildman–Crippen LogP) is 3.71.